The van der Waals surface area contributed by atoms with Gasteiger partial charge in [-0.15, -0.1) is 0 Å². The summed E-state index contributed by atoms with van der Waals surface area (Å²) in [6.07, 6.45) is 2.00. The lowest BCUT2D eigenvalue weighted by molar-refractivity contribution is -0.220. The first kappa shape index (κ1) is 27.6. The zero-order valence-electron chi connectivity index (χ0n) is 22.6. The molecule has 0 aliphatic carbocycles. The summed E-state index contributed by atoms with van der Waals surface area (Å²) in [6.45, 7) is 12.3. The molecule has 2 heterocycles. The van der Waals surface area contributed by atoms with Crippen LogP contribution < -0.4 is 4.74 Å². The summed E-state index contributed by atoms with van der Waals surface area (Å²) in [7, 11) is 0. The second-order valence-electron chi connectivity index (χ2n) is 11.3. The van der Waals surface area contributed by atoms with Gasteiger partial charge in [-0.05, 0) is 68.0 Å². The maximum atomic E-state index is 13.6. The summed E-state index contributed by atoms with van der Waals surface area (Å²) in [6, 6.07) is 14.4. The maximum Gasteiger partial charge on any atom is 0.227 e. The van der Waals surface area contributed by atoms with Gasteiger partial charge in [-0.3, -0.25) is 9.69 Å². The van der Waals surface area contributed by atoms with E-state index in [-0.39, 0.29) is 29.6 Å². The highest BCUT2D eigenvalue weighted by molar-refractivity contribution is 5.79. The van der Waals surface area contributed by atoms with E-state index in [1.807, 2.05) is 43.0 Å². The lowest BCUT2D eigenvalue weighted by Crippen LogP contribution is -2.55. The standard InChI is InChI=1S/C30H41FN2O4/c1-22(2)19-35-27-11-7-23(8-12-27)17-28(34)33(18-24-5-9-25(31)10-6-24)26-13-15-32(16-14-26)29-20-37-30(3,4)21-36-29/h5-12,22,26,29H,13-21H2,1-4H3. The number of carbonyl (C=O) groups is 1. The van der Waals surface area contributed by atoms with Crippen LogP contribution in [0.2, 0.25) is 0 Å². The predicted molar refractivity (Wildman–Crippen MR) is 142 cm³/mol. The van der Waals surface area contributed by atoms with Crippen molar-refractivity contribution >= 4 is 5.91 Å². The minimum absolute atomic E-state index is 0.0355. The molecule has 0 bridgehead atoms. The molecular formula is C30H41FN2O4. The van der Waals surface area contributed by atoms with Crippen LogP contribution in [0.4, 0.5) is 4.39 Å². The Morgan fingerprint density at radius 3 is 2.32 bits per heavy atom. The van der Waals surface area contributed by atoms with E-state index >= 15 is 0 Å². The van der Waals surface area contributed by atoms with Crippen molar-refractivity contribution in [3.63, 3.8) is 0 Å². The molecule has 1 amide bonds. The van der Waals surface area contributed by atoms with E-state index in [0.717, 1.165) is 42.8 Å². The minimum atomic E-state index is -0.271. The molecule has 2 aromatic rings. The molecule has 0 radical (unpaired) electrons. The third kappa shape index (κ3) is 8.00. The van der Waals surface area contributed by atoms with Crippen molar-refractivity contribution in [1.82, 2.24) is 9.80 Å². The van der Waals surface area contributed by atoms with Crippen LogP contribution in [0.15, 0.2) is 48.5 Å². The molecule has 0 N–H and O–H groups in total. The fourth-order valence-electron chi connectivity index (χ4n) is 4.83. The Morgan fingerprint density at radius 2 is 1.73 bits per heavy atom. The monoisotopic (exact) mass is 512 g/mol. The Morgan fingerprint density at radius 1 is 1.08 bits per heavy atom. The Labute approximate surface area is 220 Å². The number of benzene rings is 2. The number of nitrogens with zero attached hydrogens (tertiary/aromatic N) is 2. The van der Waals surface area contributed by atoms with Crippen LogP contribution in [0.3, 0.4) is 0 Å². The van der Waals surface area contributed by atoms with Gasteiger partial charge in [0, 0.05) is 25.7 Å². The highest BCUT2D eigenvalue weighted by Gasteiger charge is 2.35. The first-order valence-corrected chi connectivity index (χ1v) is 13.4. The summed E-state index contributed by atoms with van der Waals surface area (Å²) in [4.78, 5) is 17.9. The van der Waals surface area contributed by atoms with Crippen LogP contribution in [0.1, 0.15) is 51.7 Å². The molecular weight excluding hydrogens is 471 g/mol. The van der Waals surface area contributed by atoms with E-state index in [1.54, 1.807) is 12.1 Å². The number of hydrogen-bond acceptors (Lipinski definition) is 5. The van der Waals surface area contributed by atoms with E-state index < -0.39 is 0 Å². The third-order valence-corrected chi connectivity index (χ3v) is 7.04. The van der Waals surface area contributed by atoms with Gasteiger partial charge in [0.1, 0.15) is 17.8 Å². The van der Waals surface area contributed by atoms with Gasteiger partial charge in [-0.1, -0.05) is 38.1 Å². The van der Waals surface area contributed by atoms with Gasteiger partial charge < -0.3 is 19.1 Å². The van der Waals surface area contributed by atoms with Crippen molar-refractivity contribution < 1.29 is 23.4 Å². The molecule has 2 aromatic carbocycles. The lowest BCUT2D eigenvalue weighted by Gasteiger charge is -2.44. The van der Waals surface area contributed by atoms with Crippen molar-refractivity contribution in [1.29, 1.82) is 0 Å². The fourth-order valence-corrected chi connectivity index (χ4v) is 4.83. The van der Waals surface area contributed by atoms with Crippen LogP contribution in [-0.4, -0.2) is 66.5 Å². The van der Waals surface area contributed by atoms with Gasteiger partial charge in [0.15, 0.2) is 0 Å². The maximum absolute atomic E-state index is 13.6. The normalized spacial score (nSPS) is 20.6. The topological polar surface area (TPSA) is 51.2 Å². The summed E-state index contributed by atoms with van der Waals surface area (Å²) >= 11 is 0. The molecule has 2 aliphatic rings. The number of ether oxygens (including phenoxy) is 3. The molecule has 0 spiro atoms. The molecule has 4 rings (SSSR count). The number of rotatable bonds is 9. The zero-order chi connectivity index (χ0) is 26.4. The molecule has 0 saturated carbocycles. The molecule has 37 heavy (non-hydrogen) atoms. The number of carbonyl (C=O) groups excluding carboxylic acids is 1. The molecule has 6 nitrogen and oxygen atoms in total. The van der Waals surface area contributed by atoms with Crippen molar-refractivity contribution in [3.05, 3.63) is 65.5 Å². The van der Waals surface area contributed by atoms with Crippen molar-refractivity contribution in [2.24, 2.45) is 5.92 Å². The first-order chi connectivity index (χ1) is 17.7. The van der Waals surface area contributed by atoms with Crippen LogP contribution >= 0.6 is 0 Å². The molecule has 7 heteroatoms. The van der Waals surface area contributed by atoms with Crippen LogP contribution in [0.25, 0.3) is 0 Å². The zero-order valence-corrected chi connectivity index (χ0v) is 22.6. The average Bonchev–Trinajstić information content (AvgIpc) is 2.88. The number of halogens is 1. The molecule has 2 aliphatic heterocycles. The molecule has 2 fully saturated rings. The minimum Gasteiger partial charge on any atom is -0.493 e. The summed E-state index contributed by atoms with van der Waals surface area (Å²) in [5, 5.41) is 0. The van der Waals surface area contributed by atoms with Crippen LogP contribution in [0.5, 0.6) is 5.75 Å². The second kappa shape index (κ2) is 12.4. The summed E-state index contributed by atoms with van der Waals surface area (Å²) in [5.74, 6) is 1.08. The van der Waals surface area contributed by atoms with Gasteiger partial charge in [0.05, 0.1) is 31.8 Å². The lowest BCUT2D eigenvalue weighted by atomic mass is 10.00. The second-order valence-corrected chi connectivity index (χ2v) is 11.3. The quantitative estimate of drug-likeness (QED) is 0.471. The van der Waals surface area contributed by atoms with E-state index in [4.69, 9.17) is 14.2 Å². The Balaban J connectivity index is 1.40. The molecule has 2 saturated heterocycles. The summed E-state index contributed by atoms with van der Waals surface area (Å²) in [5.41, 5.74) is 1.64. The molecule has 1 atom stereocenters. The number of likely N-dealkylation sites (tertiary alicyclic amines) is 1. The highest BCUT2D eigenvalue weighted by atomic mass is 19.1. The van der Waals surface area contributed by atoms with Gasteiger partial charge >= 0.3 is 0 Å². The van der Waals surface area contributed by atoms with Gasteiger partial charge in [-0.25, -0.2) is 4.39 Å². The van der Waals surface area contributed by atoms with Crippen molar-refractivity contribution in [3.8, 4) is 5.75 Å². The Bertz CT molecular complexity index is 991. The largest absolute Gasteiger partial charge is 0.493 e. The van der Waals surface area contributed by atoms with Crippen LogP contribution in [0, 0.1) is 11.7 Å². The van der Waals surface area contributed by atoms with E-state index in [2.05, 4.69) is 18.7 Å². The predicted octanol–water partition coefficient (Wildman–Crippen LogP) is 5.05. The highest BCUT2D eigenvalue weighted by Crippen LogP contribution is 2.26. The third-order valence-electron chi connectivity index (χ3n) is 7.04. The Hall–Kier alpha value is -2.48. The van der Waals surface area contributed by atoms with E-state index in [9.17, 15) is 9.18 Å². The van der Waals surface area contributed by atoms with Gasteiger partial charge in [0.2, 0.25) is 5.91 Å². The first-order valence-electron chi connectivity index (χ1n) is 13.4. The number of amides is 1. The molecule has 202 valence electrons. The smallest absolute Gasteiger partial charge is 0.227 e. The van der Waals surface area contributed by atoms with E-state index in [0.29, 0.717) is 38.7 Å². The fraction of sp³-hybridized carbons (Fsp3) is 0.567. The van der Waals surface area contributed by atoms with Gasteiger partial charge in [0.25, 0.3) is 0 Å². The number of hydrogen-bond donors (Lipinski definition) is 0. The molecule has 1 unspecified atom stereocenters. The van der Waals surface area contributed by atoms with Crippen LogP contribution in [-0.2, 0) is 27.2 Å². The molecule has 0 aromatic heterocycles. The van der Waals surface area contributed by atoms with Gasteiger partial charge in [-0.2, -0.15) is 0 Å². The average molecular weight is 513 g/mol. The summed E-state index contributed by atoms with van der Waals surface area (Å²) < 4.78 is 31.3. The number of piperidine rings is 1. The Kier molecular flexibility index (Phi) is 9.22. The van der Waals surface area contributed by atoms with Crippen molar-refractivity contribution in [2.45, 2.75) is 71.4 Å². The van der Waals surface area contributed by atoms with E-state index in [1.165, 1.54) is 12.1 Å². The SMILES string of the molecule is CC(C)COc1ccc(CC(=O)N(Cc2ccc(F)cc2)C2CCN(C3COC(C)(C)CO3)CC2)cc1. The van der Waals surface area contributed by atoms with Crippen molar-refractivity contribution in [2.75, 3.05) is 32.9 Å².